The van der Waals surface area contributed by atoms with Crippen LogP contribution >= 0.6 is 34.8 Å². The third-order valence-electron chi connectivity index (χ3n) is 2.79. The van der Waals surface area contributed by atoms with Crippen molar-refractivity contribution in [1.29, 1.82) is 0 Å². The van der Waals surface area contributed by atoms with Gasteiger partial charge in [-0.2, -0.15) is 0 Å². The topological polar surface area (TPSA) is 77.5 Å². The number of pyridine rings is 1. The van der Waals surface area contributed by atoms with E-state index in [1.54, 1.807) is 6.07 Å². The second kappa shape index (κ2) is 8.19. The maximum Gasteiger partial charge on any atom is 0.344 e. The molecular formula is C15H11Cl3N2O4. The molecule has 0 atom stereocenters. The van der Waals surface area contributed by atoms with Gasteiger partial charge in [-0.3, -0.25) is 4.79 Å². The van der Waals surface area contributed by atoms with Gasteiger partial charge in [0.15, 0.2) is 6.61 Å². The Morgan fingerprint density at radius 3 is 2.50 bits per heavy atom. The molecule has 6 nitrogen and oxygen atoms in total. The summed E-state index contributed by atoms with van der Waals surface area (Å²) in [6.45, 7) is -0.536. The quantitative estimate of drug-likeness (QED) is 0.786. The zero-order chi connectivity index (χ0) is 17.7. The van der Waals surface area contributed by atoms with E-state index in [9.17, 15) is 9.59 Å². The predicted octanol–water partition coefficient (Wildman–Crippen LogP) is 3.85. The number of carbonyl (C=O) groups is 2. The van der Waals surface area contributed by atoms with Crippen molar-refractivity contribution in [3.05, 3.63) is 51.1 Å². The van der Waals surface area contributed by atoms with E-state index in [-0.39, 0.29) is 27.2 Å². The van der Waals surface area contributed by atoms with Gasteiger partial charge in [-0.05, 0) is 24.3 Å². The van der Waals surface area contributed by atoms with Crippen molar-refractivity contribution in [2.75, 3.05) is 19.0 Å². The third-order valence-corrected chi connectivity index (χ3v) is 3.60. The van der Waals surface area contributed by atoms with Crippen LogP contribution in [0.25, 0.3) is 0 Å². The first-order valence-corrected chi connectivity index (χ1v) is 7.66. The third kappa shape index (κ3) is 4.50. The fraction of sp³-hybridized carbons (Fsp3) is 0.133. The molecule has 1 amide bonds. The van der Waals surface area contributed by atoms with E-state index >= 15 is 0 Å². The van der Waals surface area contributed by atoms with Gasteiger partial charge in [0.2, 0.25) is 5.88 Å². The summed E-state index contributed by atoms with van der Waals surface area (Å²) in [6, 6.07) is 5.87. The Hall–Kier alpha value is -2.02. The van der Waals surface area contributed by atoms with E-state index in [0.29, 0.717) is 5.02 Å². The minimum Gasteiger partial charge on any atom is -0.480 e. The molecule has 0 aliphatic heterocycles. The molecule has 0 saturated heterocycles. The number of nitrogens with one attached hydrogen (secondary N) is 1. The molecular weight excluding hydrogens is 379 g/mol. The summed E-state index contributed by atoms with van der Waals surface area (Å²) < 4.78 is 9.88. The summed E-state index contributed by atoms with van der Waals surface area (Å²) in [5.74, 6) is -1.26. The predicted molar refractivity (Wildman–Crippen MR) is 91.2 cm³/mol. The first-order chi connectivity index (χ1) is 11.4. The minimum atomic E-state index is -0.747. The molecule has 2 aromatic rings. The summed E-state index contributed by atoms with van der Waals surface area (Å²) in [7, 11) is 1.37. The second-order valence-electron chi connectivity index (χ2n) is 4.43. The highest BCUT2D eigenvalue weighted by Crippen LogP contribution is 2.33. The first kappa shape index (κ1) is 18.3. The number of nitrogens with zero attached hydrogens (tertiary/aromatic N) is 1. The van der Waals surface area contributed by atoms with Crippen molar-refractivity contribution in [2.45, 2.75) is 0 Å². The van der Waals surface area contributed by atoms with Crippen molar-refractivity contribution < 1.29 is 19.1 Å². The molecule has 1 N–H and O–H groups in total. The normalized spacial score (nSPS) is 10.2. The van der Waals surface area contributed by atoms with Gasteiger partial charge in [-0.1, -0.05) is 34.8 Å². The van der Waals surface area contributed by atoms with E-state index in [0.717, 1.165) is 0 Å². The van der Waals surface area contributed by atoms with Crippen molar-refractivity contribution in [1.82, 2.24) is 4.98 Å². The first-order valence-electron chi connectivity index (χ1n) is 6.53. The molecule has 0 spiro atoms. The molecule has 2 rings (SSSR count). The van der Waals surface area contributed by atoms with Crippen LogP contribution in [0, 0.1) is 0 Å². The highest BCUT2D eigenvalue weighted by Gasteiger charge is 2.17. The molecule has 1 aromatic heterocycles. The second-order valence-corrected chi connectivity index (χ2v) is 5.68. The Morgan fingerprint density at radius 1 is 1.21 bits per heavy atom. The van der Waals surface area contributed by atoms with Crippen LogP contribution in [-0.2, 0) is 9.53 Å². The van der Waals surface area contributed by atoms with E-state index in [2.05, 4.69) is 10.3 Å². The summed E-state index contributed by atoms with van der Waals surface area (Å²) in [5, 5.41) is 3.12. The van der Waals surface area contributed by atoms with Crippen LogP contribution in [0.3, 0.4) is 0 Å². The zero-order valence-electron chi connectivity index (χ0n) is 12.3. The van der Waals surface area contributed by atoms with Crippen LogP contribution in [0.1, 0.15) is 10.4 Å². The minimum absolute atomic E-state index is 0.103. The standard InChI is InChI=1S/C15H11Cl3N2O4/c1-23-14-9(3-2-4-19-14)15(22)24-7-12(21)20-13-10(17)5-8(16)6-11(13)18/h2-6H,7H2,1H3,(H,20,21). The lowest BCUT2D eigenvalue weighted by Crippen LogP contribution is -2.21. The Kier molecular flexibility index (Phi) is 6.25. The molecule has 0 radical (unpaired) electrons. The Morgan fingerprint density at radius 2 is 1.88 bits per heavy atom. The van der Waals surface area contributed by atoms with Gasteiger partial charge in [0.25, 0.3) is 5.91 Å². The number of methoxy groups -OCH3 is 1. The van der Waals surface area contributed by atoms with Crippen LogP contribution in [-0.4, -0.2) is 30.6 Å². The molecule has 9 heteroatoms. The number of carbonyl (C=O) groups excluding carboxylic acids is 2. The summed E-state index contributed by atoms with van der Waals surface area (Å²) >= 11 is 17.7. The molecule has 0 aliphatic rings. The maximum atomic E-state index is 12.0. The van der Waals surface area contributed by atoms with Crippen LogP contribution in [0.2, 0.25) is 15.1 Å². The van der Waals surface area contributed by atoms with Gasteiger partial charge in [0.05, 0.1) is 22.8 Å². The number of ether oxygens (including phenoxy) is 2. The van der Waals surface area contributed by atoms with Gasteiger partial charge in [-0.25, -0.2) is 9.78 Å². The Balaban J connectivity index is 2.00. The van der Waals surface area contributed by atoms with Crippen LogP contribution in [0.4, 0.5) is 5.69 Å². The number of amides is 1. The van der Waals surface area contributed by atoms with Gasteiger partial charge >= 0.3 is 5.97 Å². The average molecular weight is 390 g/mol. The molecule has 0 aliphatic carbocycles. The number of esters is 1. The van der Waals surface area contributed by atoms with E-state index in [4.69, 9.17) is 44.3 Å². The molecule has 1 aromatic carbocycles. The summed E-state index contributed by atoms with van der Waals surface area (Å²) in [5.41, 5.74) is 0.290. The molecule has 0 unspecified atom stereocenters. The zero-order valence-corrected chi connectivity index (χ0v) is 14.6. The lowest BCUT2D eigenvalue weighted by atomic mass is 10.3. The molecule has 1 heterocycles. The van der Waals surface area contributed by atoms with Gasteiger partial charge in [-0.15, -0.1) is 0 Å². The van der Waals surface area contributed by atoms with Crippen molar-refractivity contribution in [2.24, 2.45) is 0 Å². The Bertz CT molecular complexity index is 760. The highest BCUT2D eigenvalue weighted by molar-refractivity contribution is 6.42. The van der Waals surface area contributed by atoms with Crippen molar-refractivity contribution in [3.63, 3.8) is 0 Å². The van der Waals surface area contributed by atoms with Crippen molar-refractivity contribution >= 4 is 52.4 Å². The molecule has 0 saturated carbocycles. The Labute approximate surface area is 152 Å². The van der Waals surface area contributed by atoms with E-state index < -0.39 is 18.5 Å². The summed E-state index contributed by atoms with van der Waals surface area (Å²) in [6.07, 6.45) is 1.47. The highest BCUT2D eigenvalue weighted by atomic mass is 35.5. The monoisotopic (exact) mass is 388 g/mol. The number of aromatic nitrogens is 1. The van der Waals surface area contributed by atoms with E-state index in [1.807, 2.05) is 0 Å². The van der Waals surface area contributed by atoms with Crippen LogP contribution < -0.4 is 10.1 Å². The fourth-order valence-electron chi connectivity index (χ4n) is 1.75. The molecule has 24 heavy (non-hydrogen) atoms. The maximum absolute atomic E-state index is 12.0. The number of hydrogen-bond donors (Lipinski definition) is 1. The molecule has 0 bridgehead atoms. The van der Waals surface area contributed by atoms with E-state index in [1.165, 1.54) is 31.5 Å². The number of halogens is 3. The largest absolute Gasteiger partial charge is 0.480 e. The van der Waals surface area contributed by atoms with Crippen LogP contribution in [0.15, 0.2) is 30.5 Å². The number of anilines is 1. The summed E-state index contributed by atoms with van der Waals surface area (Å²) in [4.78, 5) is 27.7. The lowest BCUT2D eigenvalue weighted by molar-refractivity contribution is -0.119. The molecule has 126 valence electrons. The lowest BCUT2D eigenvalue weighted by Gasteiger charge is -2.11. The number of hydrogen-bond acceptors (Lipinski definition) is 5. The number of rotatable bonds is 5. The van der Waals surface area contributed by atoms with Crippen LogP contribution in [0.5, 0.6) is 5.88 Å². The fourth-order valence-corrected chi connectivity index (χ4v) is 2.67. The van der Waals surface area contributed by atoms with Gasteiger partial charge in [0.1, 0.15) is 5.56 Å². The SMILES string of the molecule is COc1ncccc1C(=O)OCC(=O)Nc1c(Cl)cc(Cl)cc1Cl. The van der Waals surface area contributed by atoms with Gasteiger partial charge in [0, 0.05) is 11.2 Å². The average Bonchev–Trinajstić information content (AvgIpc) is 2.55. The molecule has 0 fully saturated rings. The smallest absolute Gasteiger partial charge is 0.344 e. The number of benzene rings is 1. The van der Waals surface area contributed by atoms with Gasteiger partial charge < -0.3 is 14.8 Å². The van der Waals surface area contributed by atoms with Crippen molar-refractivity contribution in [3.8, 4) is 5.88 Å².